The zero-order chi connectivity index (χ0) is 10.4. The highest BCUT2D eigenvalue weighted by Crippen LogP contribution is 2.18. The highest BCUT2D eigenvalue weighted by atomic mass is 32.1. The monoisotopic (exact) mass is 202 g/mol. The van der Waals surface area contributed by atoms with Crippen molar-refractivity contribution in [1.82, 2.24) is 0 Å². The first-order valence-corrected chi connectivity index (χ1v) is 5.45. The van der Waals surface area contributed by atoms with Gasteiger partial charge in [0.2, 0.25) is 0 Å². The molecular weight excluding hydrogens is 180 g/mol. The van der Waals surface area contributed by atoms with Crippen LogP contribution in [0.1, 0.15) is 40.5 Å². The predicted molar refractivity (Wildman–Crippen MR) is 63.6 cm³/mol. The minimum absolute atomic E-state index is 0.0698. The molecule has 0 radical (unpaired) electrons. The van der Waals surface area contributed by atoms with Crippen molar-refractivity contribution < 1.29 is 0 Å². The topological polar surface area (TPSA) is 38.4 Å². The third-order valence-corrected chi connectivity index (χ3v) is 2.62. The van der Waals surface area contributed by atoms with E-state index < -0.39 is 0 Å². The predicted octanol–water partition coefficient (Wildman–Crippen LogP) is 2.49. The normalized spacial score (nSPS) is 17.7. The van der Waals surface area contributed by atoms with E-state index in [2.05, 4.69) is 31.5 Å². The van der Waals surface area contributed by atoms with Crippen molar-refractivity contribution in [3.63, 3.8) is 0 Å². The van der Waals surface area contributed by atoms with E-state index in [1.807, 2.05) is 13.8 Å². The molecule has 13 heavy (non-hydrogen) atoms. The van der Waals surface area contributed by atoms with Gasteiger partial charge in [0.15, 0.2) is 0 Å². The van der Waals surface area contributed by atoms with Crippen molar-refractivity contribution in [3.8, 4) is 0 Å². The van der Waals surface area contributed by atoms with Gasteiger partial charge in [-0.15, -0.1) is 0 Å². The summed E-state index contributed by atoms with van der Waals surface area (Å²) in [6, 6.07) is 0.336. The van der Waals surface area contributed by atoms with Crippen LogP contribution in [-0.2, 0) is 0 Å². The van der Waals surface area contributed by atoms with Crippen molar-refractivity contribution in [2.24, 2.45) is 16.6 Å². The molecule has 3 atom stereocenters. The molecule has 0 aromatic heterocycles. The first-order valence-electron chi connectivity index (χ1n) is 4.93. The zero-order valence-corrected chi connectivity index (χ0v) is 10.0. The second-order valence-electron chi connectivity index (χ2n) is 3.78. The zero-order valence-electron chi connectivity index (χ0n) is 9.12. The third kappa shape index (κ3) is 5.32. The van der Waals surface area contributed by atoms with Crippen molar-refractivity contribution in [2.75, 3.05) is 0 Å². The molecule has 0 amide bonds. The lowest BCUT2D eigenvalue weighted by molar-refractivity contribution is 0.422. The molecule has 0 fully saturated rings. The van der Waals surface area contributed by atoms with E-state index in [4.69, 9.17) is 5.73 Å². The second kappa shape index (κ2) is 6.44. The molecule has 2 nitrogen and oxygen atoms in total. The highest BCUT2D eigenvalue weighted by Gasteiger charge is 2.19. The van der Waals surface area contributed by atoms with E-state index in [1.165, 1.54) is 0 Å². The number of hydrogen-bond acceptors (Lipinski definition) is 3. The molecule has 0 aliphatic carbocycles. The van der Waals surface area contributed by atoms with Gasteiger partial charge in [0.1, 0.15) is 0 Å². The fraction of sp³-hybridized carbons (Fsp3) is 0.900. The molecule has 0 aromatic carbocycles. The SMILES string of the molecule is CCCC(N=C(C)C)C(C)C(N)S. The molecule has 78 valence electrons. The van der Waals surface area contributed by atoms with Crippen molar-refractivity contribution >= 4 is 18.3 Å². The average molecular weight is 202 g/mol. The molecule has 3 heteroatoms. The third-order valence-electron chi connectivity index (χ3n) is 2.15. The Kier molecular flexibility index (Phi) is 6.43. The molecule has 0 aromatic rings. The molecule has 0 saturated heterocycles. The molecule has 0 saturated carbocycles. The first kappa shape index (κ1) is 13.0. The van der Waals surface area contributed by atoms with Crippen LogP contribution in [0.25, 0.3) is 0 Å². The number of thiol groups is 1. The van der Waals surface area contributed by atoms with Crippen LogP contribution in [0.5, 0.6) is 0 Å². The van der Waals surface area contributed by atoms with E-state index in [9.17, 15) is 0 Å². The molecule has 0 aliphatic rings. The Hall–Kier alpha value is -0.0200. The maximum absolute atomic E-state index is 5.74. The van der Waals surface area contributed by atoms with Crippen LogP contribution in [0.4, 0.5) is 0 Å². The number of rotatable bonds is 5. The summed E-state index contributed by atoms with van der Waals surface area (Å²) < 4.78 is 0. The van der Waals surface area contributed by atoms with E-state index in [0.29, 0.717) is 12.0 Å². The van der Waals surface area contributed by atoms with Gasteiger partial charge in [0, 0.05) is 11.6 Å². The minimum atomic E-state index is -0.0698. The lowest BCUT2D eigenvalue weighted by Crippen LogP contribution is -2.31. The second-order valence-corrected chi connectivity index (χ2v) is 4.38. The molecule has 2 N–H and O–H groups in total. The van der Waals surface area contributed by atoms with Gasteiger partial charge in [-0.25, -0.2) is 0 Å². The number of nitrogens with zero attached hydrogens (tertiary/aromatic N) is 1. The Balaban J connectivity index is 4.32. The molecule has 0 spiro atoms. The summed E-state index contributed by atoms with van der Waals surface area (Å²) in [5.41, 5.74) is 6.86. The van der Waals surface area contributed by atoms with Crippen LogP contribution in [0.2, 0.25) is 0 Å². The van der Waals surface area contributed by atoms with E-state index in [-0.39, 0.29) is 5.37 Å². The lowest BCUT2D eigenvalue weighted by atomic mass is 9.98. The van der Waals surface area contributed by atoms with Crippen LogP contribution in [-0.4, -0.2) is 17.1 Å². The Morgan fingerprint density at radius 2 is 2.00 bits per heavy atom. The highest BCUT2D eigenvalue weighted by molar-refractivity contribution is 7.80. The average Bonchev–Trinajstić information content (AvgIpc) is 2.01. The fourth-order valence-electron chi connectivity index (χ4n) is 1.30. The van der Waals surface area contributed by atoms with E-state index in [1.54, 1.807) is 0 Å². The van der Waals surface area contributed by atoms with Gasteiger partial charge >= 0.3 is 0 Å². The van der Waals surface area contributed by atoms with Gasteiger partial charge in [-0.3, -0.25) is 4.99 Å². The quantitative estimate of drug-likeness (QED) is 0.401. The van der Waals surface area contributed by atoms with Gasteiger partial charge in [-0.05, 0) is 20.3 Å². The van der Waals surface area contributed by atoms with Crippen LogP contribution in [0, 0.1) is 5.92 Å². The Morgan fingerprint density at radius 1 is 1.46 bits per heavy atom. The first-order chi connectivity index (χ1) is 5.99. The summed E-state index contributed by atoms with van der Waals surface area (Å²) >= 11 is 4.26. The van der Waals surface area contributed by atoms with Crippen LogP contribution in [0.3, 0.4) is 0 Å². The lowest BCUT2D eigenvalue weighted by Gasteiger charge is -2.23. The van der Waals surface area contributed by atoms with Crippen LogP contribution >= 0.6 is 12.6 Å². The maximum Gasteiger partial charge on any atom is 0.0547 e. The number of nitrogens with two attached hydrogens (primary N) is 1. The molecule has 0 bridgehead atoms. The Bertz CT molecular complexity index is 162. The molecule has 0 aliphatic heterocycles. The van der Waals surface area contributed by atoms with Gasteiger partial charge in [0.05, 0.1) is 11.4 Å². The van der Waals surface area contributed by atoms with Crippen molar-refractivity contribution in [1.29, 1.82) is 0 Å². The summed E-state index contributed by atoms with van der Waals surface area (Å²) in [7, 11) is 0. The van der Waals surface area contributed by atoms with E-state index >= 15 is 0 Å². The van der Waals surface area contributed by atoms with Gasteiger partial charge < -0.3 is 5.73 Å². The van der Waals surface area contributed by atoms with Gasteiger partial charge in [0.25, 0.3) is 0 Å². The molecule has 0 rings (SSSR count). The minimum Gasteiger partial charge on any atom is -0.319 e. The summed E-state index contributed by atoms with van der Waals surface area (Å²) in [5, 5.41) is -0.0698. The largest absolute Gasteiger partial charge is 0.319 e. The summed E-state index contributed by atoms with van der Waals surface area (Å²) in [4.78, 5) is 4.58. The van der Waals surface area contributed by atoms with Crippen molar-refractivity contribution in [2.45, 2.75) is 52.0 Å². The maximum atomic E-state index is 5.74. The Morgan fingerprint density at radius 3 is 2.31 bits per heavy atom. The standard InChI is InChI=1S/C10H22N2S/c1-5-6-9(12-7(2)3)8(4)10(11)13/h8-10,13H,5-6,11H2,1-4H3. The summed E-state index contributed by atoms with van der Waals surface area (Å²) in [6.45, 7) is 8.34. The van der Waals surface area contributed by atoms with Crippen LogP contribution in [0.15, 0.2) is 4.99 Å². The number of aliphatic imine (C=N–C) groups is 1. The molecule has 0 heterocycles. The summed E-state index contributed by atoms with van der Waals surface area (Å²) in [6.07, 6.45) is 2.24. The fourth-order valence-corrected chi connectivity index (χ4v) is 1.50. The summed E-state index contributed by atoms with van der Waals surface area (Å²) in [5.74, 6) is 0.346. The van der Waals surface area contributed by atoms with Crippen LogP contribution < -0.4 is 5.73 Å². The Labute approximate surface area is 87.4 Å². The van der Waals surface area contributed by atoms with Gasteiger partial charge in [-0.2, -0.15) is 12.6 Å². The smallest absolute Gasteiger partial charge is 0.0547 e. The molecular formula is C10H22N2S. The molecule has 3 unspecified atom stereocenters. The van der Waals surface area contributed by atoms with Gasteiger partial charge in [-0.1, -0.05) is 20.3 Å². The van der Waals surface area contributed by atoms with E-state index in [0.717, 1.165) is 18.6 Å². The van der Waals surface area contributed by atoms with Crippen molar-refractivity contribution in [3.05, 3.63) is 0 Å². The number of hydrogen-bond donors (Lipinski definition) is 2.